The van der Waals surface area contributed by atoms with Crippen molar-refractivity contribution in [3.05, 3.63) is 64.7 Å². The number of carbonyl (C=O) groups is 1. The number of carbonyl (C=O) groups excluding carboxylic acids is 1. The summed E-state index contributed by atoms with van der Waals surface area (Å²) in [4.78, 5) is 12.4. The van der Waals surface area contributed by atoms with Crippen molar-refractivity contribution in [2.45, 2.75) is 31.8 Å². The summed E-state index contributed by atoms with van der Waals surface area (Å²) >= 11 is 5.97. The Kier molecular flexibility index (Phi) is 6.14. The molecule has 3 atom stereocenters. The van der Waals surface area contributed by atoms with Gasteiger partial charge in [-0.25, -0.2) is 5.43 Å². The van der Waals surface area contributed by atoms with E-state index in [0.717, 1.165) is 17.5 Å². The van der Waals surface area contributed by atoms with E-state index in [9.17, 15) is 9.90 Å². The van der Waals surface area contributed by atoms with E-state index < -0.39 is 0 Å². The molecule has 1 aliphatic heterocycles. The maximum Gasteiger partial charge on any atom is 0.220 e. The van der Waals surface area contributed by atoms with E-state index in [1.807, 2.05) is 36.4 Å². The summed E-state index contributed by atoms with van der Waals surface area (Å²) in [7, 11) is 0. The number of hydrogen-bond donors (Lipinski definition) is 4. The van der Waals surface area contributed by atoms with Gasteiger partial charge in [0, 0.05) is 29.9 Å². The van der Waals surface area contributed by atoms with Gasteiger partial charge in [0.2, 0.25) is 5.91 Å². The molecule has 5 nitrogen and oxygen atoms in total. The van der Waals surface area contributed by atoms with Crippen LogP contribution >= 0.6 is 11.6 Å². The van der Waals surface area contributed by atoms with Crippen molar-refractivity contribution in [3.8, 4) is 5.75 Å². The highest BCUT2D eigenvalue weighted by atomic mass is 35.5. The fourth-order valence-electron chi connectivity index (χ4n) is 3.31. The first-order chi connectivity index (χ1) is 12.5. The van der Waals surface area contributed by atoms with Crippen molar-refractivity contribution in [3.63, 3.8) is 0 Å². The predicted molar refractivity (Wildman–Crippen MR) is 103 cm³/mol. The largest absolute Gasteiger partial charge is 0.508 e. The Morgan fingerprint density at radius 3 is 2.50 bits per heavy atom. The Balaban J connectivity index is 1.53. The van der Waals surface area contributed by atoms with Crippen LogP contribution in [0, 0.1) is 5.92 Å². The van der Waals surface area contributed by atoms with Crippen LogP contribution in [0.25, 0.3) is 0 Å². The van der Waals surface area contributed by atoms with Gasteiger partial charge in [-0.3, -0.25) is 10.2 Å². The first-order valence-corrected chi connectivity index (χ1v) is 9.22. The van der Waals surface area contributed by atoms with E-state index in [1.165, 1.54) is 0 Å². The van der Waals surface area contributed by atoms with E-state index in [1.54, 1.807) is 12.1 Å². The van der Waals surface area contributed by atoms with Gasteiger partial charge in [-0.05, 0) is 48.7 Å². The lowest BCUT2D eigenvalue weighted by Gasteiger charge is -2.21. The molecule has 0 aromatic heterocycles. The zero-order valence-corrected chi connectivity index (χ0v) is 15.5. The third-order valence-electron chi connectivity index (χ3n) is 4.86. The summed E-state index contributed by atoms with van der Waals surface area (Å²) in [5.41, 5.74) is 8.73. The maximum absolute atomic E-state index is 12.4. The molecule has 4 N–H and O–H groups in total. The fourth-order valence-corrected chi connectivity index (χ4v) is 3.44. The zero-order chi connectivity index (χ0) is 18.5. The minimum Gasteiger partial charge on any atom is -0.508 e. The van der Waals surface area contributed by atoms with Gasteiger partial charge in [-0.1, -0.05) is 35.9 Å². The topological polar surface area (TPSA) is 73.4 Å². The van der Waals surface area contributed by atoms with Gasteiger partial charge in [0.1, 0.15) is 5.75 Å². The number of benzene rings is 2. The van der Waals surface area contributed by atoms with Gasteiger partial charge in [-0.2, -0.15) is 0 Å². The van der Waals surface area contributed by atoms with E-state index in [4.69, 9.17) is 11.6 Å². The van der Waals surface area contributed by atoms with Crippen molar-refractivity contribution >= 4 is 17.5 Å². The first kappa shape index (κ1) is 18.7. The highest BCUT2D eigenvalue weighted by Crippen LogP contribution is 2.31. The Morgan fingerprint density at radius 1 is 1.12 bits per heavy atom. The number of hydrogen-bond acceptors (Lipinski definition) is 4. The summed E-state index contributed by atoms with van der Waals surface area (Å²) in [6.07, 6.45) is 1.19. The first-order valence-electron chi connectivity index (χ1n) is 8.84. The maximum atomic E-state index is 12.4. The Bertz CT molecular complexity index is 734. The van der Waals surface area contributed by atoms with Gasteiger partial charge < -0.3 is 10.4 Å². The van der Waals surface area contributed by atoms with Gasteiger partial charge in [0.15, 0.2) is 0 Å². The van der Waals surface area contributed by atoms with Crippen molar-refractivity contribution in [2.24, 2.45) is 5.92 Å². The standard InChI is InChI=1S/C20H24ClN3O2/c1-13-18(20(24-23-13)15-4-6-16(21)7-5-15)12-19(26)22-11-10-14-2-8-17(25)9-3-14/h2-9,13,18,20,23-25H,10-12H2,1H3,(H,22,26). The molecule has 3 rings (SSSR count). The van der Waals surface area contributed by atoms with Crippen molar-refractivity contribution < 1.29 is 9.90 Å². The zero-order valence-electron chi connectivity index (χ0n) is 14.7. The lowest BCUT2D eigenvalue weighted by Crippen LogP contribution is -2.32. The molecule has 6 heteroatoms. The van der Waals surface area contributed by atoms with Crippen LogP contribution in [-0.4, -0.2) is 23.6 Å². The number of nitrogens with one attached hydrogen (secondary N) is 3. The number of aromatic hydroxyl groups is 1. The smallest absolute Gasteiger partial charge is 0.220 e. The summed E-state index contributed by atoms with van der Waals surface area (Å²) in [6.45, 7) is 2.66. The van der Waals surface area contributed by atoms with E-state index in [0.29, 0.717) is 18.0 Å². The molecule has 0 spiro atoms. The molecule has 2 aromatic rings. The van der Waals surface area contributed by atoms with Gasteiger partial charge >= 0.3 is 0 Å². The molecule has 1 heterocycles. The van der Waals surface area contributed by atoms with Crippen LogP contribution in [0.3, 0.4) is 0 Å². The van der Waals surface area contributed by atoms with Crippen LogP contribution in [0.1, 0.15) is 30.5 Å². The van der Waals surface area contributed by atoms with Crippen LogP contribution in [0.4, 0.5) is 0 Å². The van der Waals surface area contributed by atoms with Crippen LogP contribution in [0.5, 0.6) is 5.75 Å². The number of rotatable bonds is 6. The summed E-state index contributed by atoms with van der Waals surface area (Å²) in [6, 6.07) is 15.0. The highest BCUT2D eigenvalue weighted by molar-refractivity contribution is 6.30. The monoisotopic (exact) mass is 373 g/mol. The SMILES string of the molecule is CC1NNC(c2ccc(Cl)cc2)C1CC(=O)NCCc1ccc(O)cc1. The molecule has 1 aliphatic rings. The molecular weight excluding hydrogens is 350 g/mol. The molecule has 1 amide bonds. The van der Waals surface area contributed by atoms with Crippen LogP contribution in [0.2, 0.25) is 5.02 Å². The second-order valence-corrected chi connectivity index (χ2v) is 7.18. The molecule has 0 saturated carbocycles. The van der Waals surface area contributed by atoms with Gasteiger partial charge in [0.25, 0.3) is 0 Å². The van der Waals surface area contributed by atoms with Gasteiger partial charge in [-0.15, -0.1) is 0 Å². The number of phenolic OH excluding ortho intramolecular Hbond substituents is 1. The van der Waals surface area contributed by atoms with Crippen molar-refractivity contribution in [2.75, 3.05) is 6.54 Å². The number of phenols is 1. The third kappa shape index (κ3) is 4.75. The molecule has 1 saturated heterocycles. The molecule has 2 aromatic carbocycles. The minimum absolute atomic E-state index is 0.0464. The van der Waals surface area contributed by atoms with Crippen LogP contribution < -0.4 is 16.2 Å². The lowest BCUT2D eigenvalue weighted by molar-refractivity contribution is -0.122. The van der Waals surface area contributed by atoms with E-state index in [-0.39, 0.29) is 29.7 Å². The summed E-state index contributed by atoms with van der Waals surface area (Å²) < 4.78 is 0. The Labute approximate surface area is 158 Å². The molecule has 0 bridgehead atoms. The summed E-state index contributed by atoms with van der Waals surface area (Å²) in [5.74, 6) is 0.455. The Hall–Kier alpha value is -2.08. The molecule has 0 radical (unpaired) electrons. The van der Waals surface area contributed by atoms with Crippen molar-refractivity contribution in [1.82, 2.24) is 16.2 Å². The second kappa shape index (κ2) is 8.54. The normalized spacial score (nSPS) is 22.3. The molecule has 26 heavy (non-hydrogen) atoms. The number of amides is 1. The number of hydrazine groups is 1. The number of halogens is 1. The van der Waals surface area contributed by atoms with E-state index in [2.05, 4.69) is 23.1 Å². The van der Waals surface area contributed by atoms with E-state index >= 15 is 0 Å². The molecule has 3 unspecified atom stereocenters. The summed E-state index contributed by atoms with van der Waals surface area (Å²) in [5, 5.41) is 13.0. The molecular formula is C20H24ClN3O2. The lowest BCUT2D eigenvalue weighted by atomic mass is 9.87. The third-order valence-corrected chi connectivity index (χ3v) is 5.11. The Morgan fingerprint density at radius 2 is 1.81 bits per heavy atom. The highest BCUT2D eigenvalue weighted by Gasteiger charge is 2.35. The molecule has 1 fully saturated rings. The average molecular weight is 374 g/mol. The molecule has 0 aliphatic carbocycles. The average Bonchev–Trinajstić information content (AvgIpc) is 2.98. The fraction of sp³-hybridized carbons (Fsp3) is 0.350. The quantitative estimate of drug-likeness (QED) is 0.628. The minimum atomic E-state index is 0.0464. The van der Waals surface area contributed by atoms with Crippen LogP contribution in [0.15, 0.2) is 48.5 Å². The molecule has 138 valence electrons. The van der Waals surface area contributed by atoms with Crippen molar-refractivity contribution in [1.29, 1.82) is 0 Å². The predicted octanol–water partition coefficient (Wildman–Crippen LogP) is 2.95. The van der Waals surface area contributed by atoms with Crippen LogP contribution in [-0.2, 0) is 11.2 Å². The second-order valence-electron chi connectivity index (χ2n) is 6.74. The van der Waals surface area contributed by atoms with Gasteiger partial charge in [0.05, 0.1) is 6.04 Å².